The summed E-state index contributed by atoms with van der Waals surface area (Å²) in [6.45, 7) is 0.852. The molecule has 1 aliphatic heterocycles. The van der Waals surface area contributed by atoms with E-state index in [-0.39, 0.29) is 6.23 Å². The normalized spacial score (nSPS) is 21.9. The summed E-state index contributed by atoms with van der Waals surface area (Å²) in [7, 11) is 0. The second-order valence-corrected chi connectivity index (χ2v) is 3.59. The number of nitrogen functional groups attached to an aromatic ring is 1. The molecule has 1 aliphatic rings. The molecule has 0 spiro atoms. The Morgan fingerprint density at radius 2 is 2.14 bits per heavy atom. The van der Waals surface area contributed by atoms with Crippen molar-refractivity contribution in [3.63, 3.8) is 0 Å². The summed E-state index contributed by atoms with van der Waals surface area (Å²) in [5, 5.41) is 3.30. The van der Waals surface area contributed by atoms with Crippen LogP contribution >= 0.6 is 0 Å². The highest BCUT2D eigenvalue weighted by atomic mass is 16.5. The van der Waals surface area contributed by atoms with Gasteiger partial charge in [0.25, 0.3) is 0 Å². The van der Waals surface area contributed by atoms with E-state index >= 15 is 0 Å². The van der Waals surface area contributed by atoms with Crippen molar-refractivity contribution in [2.45, 2.75) is 25.5 Å². The minimum absolute atomic E-state index is 0.133. The minimum atomic E-state index is 0.133. The molecule has 76 valence electrons. The molecule has 1 saturated heterocycles. The van der Waals surface area contributed by atoms with Crippen molar-refractivity contribution < 1.29 is 4.74 Å². The molecule has 0 aromatic heterocycles. The van der Waals surface area contributed by atoms with E-state index in [0.29, 0.717) is 0 Å². The largest absolute Gasteiger partial charge is 0.397 e. The van der Waals surface area contributed by atoms with Gasteiger partial charge in [-0.3, -0.25) is 0 Å². The van der Waals surface area contributed by atoms with Crippen LogP contribution in [0, 0.1) is 0 Å². The standard InChI is InChI=1S/C11H16N2O/c12-9-5-1-2-6-10(9)13-11-7-3-4-8-14-11/h1-2,5-6,11,13H,3-4,7-8,12H2. The zero-order valence-electron chi connectivity index (χ0n) is 8.20. The number of nitrogens with two attached hydrogens (primary N) is 1. The van der Waals surface area contributed by atoms with E-state index in [4.69, 9.17) is 10.5 Å². The highest BCUT2D eigenvalue weighted by Crippen LogP contribution is 2.21. The molecular weight excluding hydrogens is 176 g/mol. The quantitative estimate of drug-likeness (QED) is 0.706. The third kappa shape index (κ3) is 2.17. The minimum Gasteiger partial charge on any atom is -0.397 e. The molecule has 0 aliphatic carbocycles. The van der Waals surface area contributed by atoms with Crippen molar-refractivity contribution >= 4 is 11.4 Å². The van der Waals surface area contributed by atoms with E-state index in [9.17, 15) is 0 Å². The SMILES string of the molecule is Nc1ccccc1NC1CCCCO1. The fourth-order valence-electron chi connectivity index (χ4n) is 1.66. The molecule has 1 heterocycles. The number of hydrogen-bond donors (Lipinski definition) is 2. The average molecular weight is 192 g/mol. The number of nitrogens with one attached hydrogen (secondary N) is 1. The van der Waals surface area contributed by atoms with Gasteiger partial charge in [0.05, 0.1) is 11.4 Å². The van der Waals surface area contributed by atoms with Crippen molar-refractivity contribution in [3.8, 4) is 0 Å². The van der Waals surface area contributed by atoms with Gasteiger partial charge in [-0.15, -0.1) is 0 Å². The Morgan fingerprint density at radius 1 is 1.29 bits per heavy atom. The maximum Gasteiger partial charge on any atom is 0.127 e. The summed E-state index contributed by atoms with van der Waals surface area (Å²) in [4.78, 5) is 0. The first-order valence-electron chi connectivity index (χ1n) is 5.09. The summed E-state index contributed by atoms with van der Waals surface area (Å²) in [5.74, 6) is 0. The van der Waals surface area contributed by atoms with Crippen LogP contribution in [-0.4, -0.2) is 12.8 Å². The zero-order valence-corrected chi connectivity index (χ0v) is 8.20. The topological polar surface area (TPSA) is 47.3 Å². The average Bonchev–Trinajstić information content (AvgIpc) is 2.23. The summed E-state index contributed by atoms with van der Waals surface area (Å²) in [5.41, 5.74) is 7.57. The molecule has 2 rings (SSSR count). The van der Waals surface area contributed by atoms with Crippen LogP contribution in [0.4, 0.5) is 11.4 Å². The Morgan fingerprint density at radius 3 is 2.86 bits per heavy atom. The third-order valence-corrected chi connectivity index (χ3v) is 2.46. The van der Waals surface area contributed by atoms with E-state index < -0.39 is 0 Å². The van der Waals surface area contributed by atoms with Crippen molar-refractivity contribution in [2.24, 2.45) is 0 Å². The fraction of sp³-hybridized carbons (Fsp3) is 0.455. The lowest BCUT2D eigenvalue weighted by Gasteiger charge is -2.24. The first-order valence-corrected chi connectivity index (χ1v) is 5.09. The van der Waals surface area contributed by atoms with Crippen LogP contribution < -0.4 is 11.1 Å². The van der Waals surface area contributed by atoms with E-state index in [2.05, 4.69) is 5.32 Å². The molecule has 1 aromatic rings. The van der Waals surface area contributed by atoms with Crippen molar-refractivity contribution in [3.05, 3.63) is 24.3 Å². The van der Waals surface area contributed by atoms with Gasteiger partial charge < -0.3 is 15.8 Å². The highest BCUT2D eigenvalue weighted by molar-refractivity contribution is 5.65. The van der Waals surface area contributed by atoms with Gasteiger partial charge in [-0.1, -0.05) is 12.1 Å². The van der Waals surface area contributed by atoms with E-state index in [1.807, 2.05) is 24.3 Å². The summed E-state index contributed by atoms with van der Waals surface area (Å²) >= 11 is 0. The third-order valence-electron chi connectivity index (χ3n) is 2.46. The van der Waals surface area contributed by atoms with Crippen molar-refractivity contribution in [2.75, 3.05) is 17.7 Å². The van der Waals surface area contributed by atoms with Crippen LogP contribution in [0.25, 0.3) is 0 Å². The Bertz CT molecular complexity index is 295. The van der Waals surface area contributed by atoms with Crippen LogP contribution in [0.3, 0.4) is 0 Å². The van der Waals surface area contributed by atoms with Crippen LogP contribution in [0.2, 0.25) is 0 Å². The number of hydrogen-bond acceptors (Lipinski definition) is 3. The number of rotatable bonds is 2. The number of ether oxygens (including phenoxy) is 1. The predicted octanol–water partition coefficient (Wildman–Crippen LogP) is 2.21. The Balaban J connectivity index is 1.99. The fourth-order valence-corrected chi connectivity index (χ4v) is 1.66. The molecule has 1 fully saturated rings. The second kappa shape index (κ2) is 4.33. The van der Waals surface area contributed by atoms with Gasteiger partial charge in [0.2, 0.25) is 0 Å². The van der Waals surface area contributed by atoms with Gasteiger partial charge in [-0.2, -0.15) is 0 Å². The number of benzene rings is 1. The zero-order chi connectivity index (χ0) is 9.80. The molecule has 14 heavy (non-hydrogen) atoms. The monoisotopic (exact) mass is 192 g/mol. The summed E-state index contributed by atoms with van der Waals surface area (Å²) < 4.78 is 5.57. The lowest BCUT2D eigenvalue weighted by atomic mass is 10.2. The van der Waals surface area contributed by atoms with Crippen LogP contribution in [0.1, 0.15) is 19.3 Å². The maximum absolute atomic E-state index is 5.82. The van der Waals surface area contributed by atoms with E-state index in [1.54, 1.807) is 0 Å². The number of anilines is 2. The molecule has 0 bridgehead atoms. The van der Waals surface area contributed by atoms with Gasteiger partial charge in [-0.05, 0) is 31.4 Å². The molecule has 1 unspecified atom stereocenters. The van der Waals surface area contributed by atoms with Gasteiger partial charge >= 0.3 is 0 Å². The first kappa shape index (κ1) is 9.34. The van der Waals surface area contributed by atoms with E-state index in [0.717, 1.165) is 24.4 Å². The first-order chi connectivity index (χ1) is 6.86. The summed E-state index contributed by atoms with van der Waals surface area (Å²) in [6, 6.07) is 7.78. The molecular formula is C11H16N2O. The second-order valence-electron chi connectivity index (χ2n) is 3.59. The van der Waals surface area contributed by atoms with Crippen molar-refractivity contribution in [1.29, 1.82) is 0 Å². The molecule has 0 saturated carbocycles. The maximum atomic E-state index is 5.82. The molecule has 3 N–H and O–H groups in total. The van der Waals surface area contributed by atoms with Crippen LogP contribution in [0.15, 0.2) is 24.3 Å². The molecule has 0 amide bonds. The summed E-state index contributed by atoms with van der Waals surface area (Å²) in [6.07, 6.45) is 3.59. The van der Waals surface area contributed by atoms with Crippen molar-refractivity contribution in [1.82, 2.24) is 0 Å². The molecule has 3 nitrogen and oxygen atoms in total. The van der Waals surface area contributed by atoms with Gasteiger partial charge in [0.15, 0.2) is 0 Å². The Labute approximate surface area is 84.3 Å². The lowest BCUT2D eigenvalue weighted by Crippen LogP contribution is -2.27. The molecule has 3 heteroatoms. The predicted molar refractivity (Wildman–Crippen MR) is 58.1 cm³/mol. The van der Waals surface area contributed by atoms with Gasteiger partial charge in [0, 0.05) is 6.61 Å². The van der Waals surface area contributed by atoms with Crippen LogP contribution in [-0.2, 0) is 4.74 Å². The smallest absolute Gasteiger partial charge is 0.127 e. The molecule has 1 atom stereocenters. The van der Waals surface area contributed by atoms with E-state index in [1.165, 1.54) is 12.8 Å². The van der Waals surface area contributed by atoms with Gasteiger partial charge in [0.1, 0.15) is 6.23 Å². The van der Waals surface area contributed by atoms with Crippen LogP contribution in [0.5, 0.6) is 0 Å². The Kier molecular flexibility index (Phi) is 2.89. The molecule has 1 aromatic carbocycles. The lowest BCUT2D eigenvalue weighted by molar-refractivity contribution is 0.0344. The number of para-hydroxylation sites is 2. The Hall–Kier alpha value is -1.22. The van der Waals surface area contributed by atoms with Gasteiger partial charge in [-0.25, -0.2) is 0 Å². The molecule has 0 radical (unpaired) electrons. The highest BCUT2D eigenvalue weighted by Gasteiger charge is 2.13.